The maximum absolute atomic E-state index is 11.4. The molecule has 0 saturated heterocycles. The Bertz CT molecular complexity index is 691. The first-order chi connectivity index (χ1) is 9.90. The Balaban J connectivity index is 2.10. The van der Waals surface area contributed by atoms with Gasteiger partial charge in [-0.3, -0.25) is 0 Å². The molecule has 2 aromatic rings. The Morgan fingerprint density at radius 3 is 2.05 bits per heavy atom. The number of hydrogen-bond donors (Lipinski definition) is 1. The average molecular weight is 305 g/mol. The summed E-state index contributed by atoms with van der Waals surface area (Å²) in [6.45, 7) is 2.05. The van der Waals surface area contributed by atoms with Crippen LogP contribution in [0.5, 0.6) is 5.75 Å². The first-order valence-corrected chi connectivity index (χ1v) is 8.50. The summed E-state index contributed by atoms with van der Waals surface area (Å²) in [5.74, 6) is 0.823. The standard InChI is InChI=1S/C16H19NO3S/c1-12(13-4-8-15(20-2)9-5-13)17-14-6-10-16(11-7-14)21(3,18)19/h4-12,17H,1-3H3. The van der Waals surface area contributed by atoms with Crippen LogP contribution in [0.4, 0.5) is 5.69 Å². The fourth-order valence-corrected chi connectivity index (χ4v) is 2.65. The van der Waals surface area contributed by atoms with E-state index in [9.17, 15) is 8.42 Å². The number of hydrogen-bond acceptors (Lipinski definition) is 4. The van der Waals surface area contributed by atoms with E-state index in [1.807, 2.05) is 31.2 Å². The monoisotopic (exact) mass is 305 g/mol. The van der Waals surface area contributed by atoms with Crippen LogP contribution in [0.3, 0.4) is 0 Å². The van der Waals surface area contributed by atoms with Crippen LogP contribution in [0.1, 0.15) is 18.5 Å². The predicted octanol–water partition coefficient (Wildman–Crippen LogP) is 3.27. The predicted molar refractivity (Wildman–Crippen MR) is 84.6 cm³/mol. The normalized spacial score (nSPS) is 12.7. The van der Waals surface area contributed by atoms with E-state index in [0.717, 1.165) is 17.0 Å². The summed E-state index contributed by atoms with van der Waals surface area (Å²) >= 11 is 0. The molecule has 21 heavy (non-hydrogen) atoms. The van der Waals surface area contributed by atoms with Gasteiger partial charge in [-0.1, -0.05) is 12.1 Å². The Morgan fingerprint density at radius 1 is 1.00 bits per heavy atom. The van der Waals surface area contributed by atoms with Gasteiger partial charge in [0.05, 0.1) is 12.0 Å². The minimum Gasteiger partial charge on any atom is -0.497 e. The molecule has 0 fully saturated rings. The third kappa shape index (κ3) is 3.98. The van der Waals surface area contributed by atoms with Gasteiger partial charge in [-0.2, -0.15) is 0 Å². The number of rotatable bonds is 5. The van der Waals surface area contributed by atoms with Crippen molar-refractivity contribution in [1.82, 2.24) is 0 Å². The molecule has 0 aliphatic heterocycles. The highest BCUT2D eigenvalue weighted by Crippen LogP contribution is 2.22. The Morgan fingerprint density at radius 2 is 1.57 bits per heavy atom. The zero-order valence-corrected chi connectivity index (χ0v) is 13.1. The van der Waals surface area contributed by atoms with Crippen molar-refractivity contribution < 1.29 is 13.2 Å². The van der Waals surface area contributed by atoms with Crippen LogP contribution in [-0.4, -0.2) is 21.8 Å². The number of ether oxygens (including phenoxy) is 1. The van der Waals surface area contributed by atoms with Crippen molar-refractivity contribution in [2.45, 2.75) is 17.9 Å². The van der Waals surface area contributed by atoms with Gasteiger partial charge in [-0.25, -0.2) is 8.42 Å². The van der Waals surface area contributed by atoms with Crippen LogP contribution in [-0.2, 0) is 9.84 Å². The van der Waals surface area contributed by atoms with Crippen molar-refractivity contribution in [3.05, 3.63) is 54.1 Å². The summed E-state index contributed by atoms with van der Waals surface area (Å²) in [5, 5.41) is 3.34. The van der Waals surface area contributed by atoms with Crippen molar-refractivity contribution in [3.8, 4) is 5.75 Å². The van der Waals surface area contributed by atoms with Crippen LogP contribution in [0, 0.1) is 0 Å². The van der Waals surface area contributed by atoms with Crippen molar-refractivity contribution in [2.75, 3.05) is 18.7 Å². The lowest BCUT2D eigenvalue weighted by Gasteiger charge is -2.16. The van der Waals surface area contributed by atoms with Crippen molar-refractivity contribution in [3.63, 3.8) is 0 Å². The second kappa shape index (κ2) is 6.18. The lowest BCUT2D eigenvalue weighted by molar-refractivity contribution is 0.414. The third-order valence-electron chi connectivity index (χ3n) is 3.28. The molecule has 0 radical (unpaired) electrons. The fourth-order valence-electron chi connectivity index (χ4n) is 2.02. The van der Waals surface area contributed by atoms with Gasteiger partial charge in [0.2, 0.25) is 0 Å². The van der Waals surface area contributed by atoms with E-state index in [0.29, 0.717) is 4.90 Å². The SMILES string of the molecule is COc1ccc(C(C)Nc2ccc(S(C)(=O)=O)cc2)cc1. The lowest BCUT2D eigenvalue weighted by Crippen LogP contribution is -2.06. The van der Waals surface area contributed by atoms with Gasteiger partial charge in [0.25, 0.3) is 0 Å². The summed E-state index contributed by atoms with van der Waals surface area (Å²) in [5.41, 5.74) is 2.01. The zero-order chi connectivity index (χ0) is 15.5. The van der Waals surface area contributed by atoms with E-state index >= 15 is 0 Å². The maximum atomic E-state index is 11.4. The quantitative estimate of drug-likeness (QED) is 0.921. The van der Waals surface area contributed by atoms with Crippen LogP contribution in [0.25, 0.3) is 0 Å². The molecule has 0 amide bonds. The fraction of sp³-hybridized carbons (Fsp3) is 0.250. The molecule has 0 heterocycles. The smallest absolute Gasteiger partial charge is 0.175 e. The number of sulfone groups is 1. The van der Waals surface area contributed by atoms with E-state index in [-0.39, 0.29) is 6.04 Å². The minimum atomic E-state index is -3.15. The molecule has 0 aliphatic carbocycles. The number of benzene rings is 2. The minimum absolute atomic E-state index is 0.111. The molecule has 1 unspecified atom stereocenters. The largest absolute Gasteiger partial charge is 0.497 e. The van der Waals surface area contributed by atoms with Gasteiger partial charge >= 0.3 is 0 Å². The van der Waals surface area contributed by atoms with Crippen LogP contribution < -0.4 is 10.1 Å². The number of anilines is 1. The molecule has 0 spiro atoms. The summed E-state index contributed by atoms with van der Waals surface area (Å²) in [7, 11) is -1.51. The highest BCUT2D eigenvalue weighted by molar-refractivity contribution is 7.90. The molecule has 5 heteroatoms. The molecule has 2 aromatic carbocycles. The molecule has 0 saturated carbocycles. The van der Waals surface area contributed by atoms with Gasteiger partial charge < -0.3 is 10.1 Å². The molecule has 0 bridgehead atoms. The highest BCUT2D eigenvalue weighted by atomic mass is 32.2. The molecule has 0 aliphatic rings. The van der Waals surface area contributed by atoms with E-state index < -0.39 is 9.84 Å². The third-order valence-corrected chi connectivity index (χ3v) is 4.41. The Hall–Kier alpha value is -2.01. The van der Waals surface area contributed by atoms with Gasteiger partial charge in [-0.05, 0) is 48.9 Å². The Kier molecular flexibility index (Phi) is 4.53. The van der Waals surface area contributed by atoms with Crippen LogP contribution in [0.15, 0.2) is 53.4 Å². The molecule has 4 nitrogen and oxygen atoms in total. The second-order valence-corrected chi connectivity index (χ2v) is 6.95. The van der Waals surface area contributed by atoms with E-state index in [4.69, 9.17) is 4.74 Å². The molecule has 1 atom stereocenters. The first-order valence-electron chi connectivity index (χ1n) is 6.61. The maximum Gasteiger partial charge on any atom is 0.175 e. The van der Waals surface area contributed by atoms with E-state index in [1.54, 1.807) is 31.4 Å². The molecule has 2 rings (SSSR count). The van der Waals surface area contributed by atoms with Gasteiger partial charge in [-0.15, -0.1) is 0 Å². The summed E-state index contributed by atoms with van der Waals surface area (Å²) in [6.07, 6.45) is 1.20. The number of methoxy groups -OCH3 is 1. The lowest BCUT2D eigenvalue weighted by atomic mass is 10.1. The topological polar surface area (TPSA) is 55.4 Å². The molecule has 112 valence electrons. The molecule has 0 aromatic heterocycles. The van der Waals surface area contributed by atoms with Gasteiger partial charge in [0, 0.05) is 18.0 Å². The van der Waals surface area contributed by atoms with Gasteiger partial charge in [0.15, 0.2) is 9.84 Å². The molecular formula is C16H19NO3S. The van der Waals surface area contributed by atoms with E-state index in [2.05, 4.69) is 5.32 Å². The summed E-state index contributed by atoms with van der Waals surface area (Å²) in [6, 6.07) is 14.7. The van der Waals surface area contributed by atoms with E-state index in [1.165, 1.54) is 6.26 Å². The number of nitrogens with one attached hydrogen (secondary N) is 1. The first kappa shape index (κ1) is 15.4. The van der Waals surface area contributed by atoms with Crippen LogP contribution >= 0.6 is 0 Å². The zero-order valence-electron chi connectivity index (χ0n) is 12.3. The summed E-state index contributed by atoms with van der Waals surface area (Å²) < 4.78 is 28.0. The average Bonchev–Trinajstić information content (AvgIpc) is 2.47. The Labute approximate surface area is 125 Å². The van der Waals surface area contributed by atoms with Crippen molar-refractivity contribution in [1.29, 1.82) is 0 Å². The molecule has 1 N–H and O–H groups in total. The molecular weight excluding hydrogens is 286 g/mol. The summed E-state index contributed by atoms with van der Waals surface area (Å²) in [4.78, 5) is 0.324. The highest BCUT2D eigenvalue weighted by Gasteiger charge is 2.08. The van der Waals surface area contributed by atoms with Gasteiger partial charge in [0.1, 0.15) is 5.75 Å². The second-order valence-electron chi connectivity index (χ2n) is 4.94. The van der Waals surface area contributed by atoms with Crippen molar-refractivity contribution in [2.24, 2.45) is 0 Å². The van der Waals surface area contributed by atoms with Crippen molar-refractivity contribution >= 4 is 15.5 Å². The van der Waals surface area contributed by atoms with Crippen LogP contribution in [0.2, 0.25) is 0 Å².